The molecule has 0 aliphatic rings. The molecule has 1 atom stereocenters. The summed E-state index contributed by atoms with van der Waals surface area (Å²) in [5, 5.41) is 15.1. The number of aliphatic carboxylic acids is 1. The molecule has 0 radical (unpaired) electrons. The summed E-state index contributed by atoms with van der Waals surface area (Å²) in [6.07, 6.45) is 0.378. The van der Waals surface area contributed by atoms with Gasteiger partial charge in [0.1, 0.15) is 5.75 Å². The number of carboxylic acid groups (broad SMARTS) is 1. The molecule has 0 spiro atoms. The molecule has 2 N–H and O–H groups in total. The van der Waals surface area contributed by atoms with Crippen LogP contribution in [0.3, 0.4) is 0 Å². The molecule has 8 heteroatoms. The van der Waals surface area contributed by atoms with Crippen LogP contribution in [0.4, 0.5) is 0 Å². The van der Waals surface area contributed by atoms with Crippen molar-refractivity contribution in [1.29, 1.82) is 0 Å². The molecule has 1 aromatic heterocycles. The number of ether oxygens (including phenoxy) is 1. The average Bonchev–Trinajstić information content (AvgIpc) is 2.97. The summed E-state index contributed by atoms with van der Waals surface area (Å²) in [4.78, 5) is 26.8. The summed E-state index contributed by atoms with van der Waals surface area (Å²) in [7, 11) is 0. The van der Waals surface area contributed by atoms with Gasteiger partial charge in [-0.3, -0.25) is 9.59 Å². The summed E-state index contributed by atoms with van der Waals surface area (Å²) < 4.78 is 10.4. The second kappa shape index (κ2) is 8.09. The van der Waals surface area contributed by atoms with Crippen LogP contribution in [0.15, 0.2) is 28.8 Å². The van der Waals surface area contributed by atoms with Crippen molar-refractivity contribution in [3.63, 3.8) is 0 Å². The molecule has 0 bridgehead atoms. The van der Waals surface area contributed by atoms with E-state index < -0.39 is 5.97 Å². The van der Waals surface area contributed by atoms with Crippen molar-refractivity contribution in [3.05, 3.63) is 41.5 Å². The smallest absolute Gasteiger partial charge is 0.303 e. The first-order valence-electron chi connectivity index (χ1n) is 7.48. The van der Waals surface area contributed by atoms with Gasteiger partial charge in [-0.1, -0.05) is 11.2 Å². The molecule has 1 amide bonds. The van der Waals surface area contributed by atoms with E-state index in [-0.39, 0.29) is 25.0 Å². The molecule has 0 fully saturated rings. The summed E-state index contributed by atoms with van der Waals surface area (Å²) in [5.74, 6) is 0.210. The zero-order valence-electron chi connectivity index (χ0n) is 13.5. The highest BCUT2D eigenvalue weighted by Gasteiger charge is 2.12. The van der Waals surface area contributed by atoms with Crippen LogP contribution in [0.2, 0.25) is 0 Å². The van der Waals surface area contributed by atoms with Crippen LogP contribution in [-0.4, -0.2) is 33.2 Å². The third-order valence-electron chi connectivity index (χ3n) is 3.20. The molecule has 8 nitrogen and oxygen atoms in total. The fourth-order valence-electron chi connectivity index (χ4n) is 1.99. The third-order valence-corrected chi connectivity index (χ3v) is 3.20. The van der Waals surface area contributed by atoms with Crippen LogP contribution in [0.25, 0.3) is 0 Å². The first-order chi connectivity index (χ1) is 11.4. The van der Waals surface area contributed by atoms with Crippen molar-refractivity contribution in [2.45, 2.75) is 39.3 Å². The molecular weight excluding hydrogens is 314 g/mol. The van der Waals surface area contributed by atoms with Crippen LogP contribution in [-0.2, 0) is 11.4 Å². The lowest BCUT2D eigenvalue weighted by molar-refractivity contribution is -0.137. The van der Waals surface area contributed by atoms with Gasteiger partial charge in [0.05, 0.1) is 0 Å². The monoisotopic (exact) mass is 333 g/mol. The largest absolute Gasteiger partial charge is 0.485 e. The quantitative estimate of drug-likeness (QED) is 0.758. The second-order valence-electron chi connectivity index (χ2n) is 5.35. The molecule has 0 saturated heterocycles. The average molecular weight is 333 g/mol. The Hall–Kier alpha value is -2.90. The second-order valence-corrected chi connectivity index (χ2v) is 5.35. The van der Waals surface area contributed by atoms with Gasteiger partial charge < -0.3 is 19.7 Å². The zero-order valence-corrected chi connectivity index (χ0v) is 13.5. The van der Waals surface area contributed by atoms with Crippen LogP contribution >= 0.6 is 0 Å². The normalized spacial score (nSPS) is 11.8. The zero-order chi connectivity index (χ0) is 17.5. The summed E-state index contributed by atoms with van der Waals surface area (Å²) in [5.41, 5.74) is 0.430. The fourth-order valence-corrected chi connectivity index (χ4v) is 1.99. The lowest BCUT2D eigenvalue weighted by Crippen LogP contribution is -2.32. The third kappa shape index (κ3) is 5.38. The van der Waals surface area contributed by atoms with Crippen LogP contribution in [0.5, 0.6) is 5.75 Å². The molecule has 24 heavy (non-hydrogen) atoms. The van der Waals surface area contributed by atoms with Crippen molar-refractivity contribution in [1.82, 2.24) is 15.5 Å². The van der Waals surface area contributed by atoms with Gasteiger partial charge >= 0.3 is 5.97 Å². The number of benzene rings is 1. The number of amides is 1. The molecule has 2 rings (SSSR count). The first kappa shape index (κ1) is 17.5. The van der Waals surface area contributed by atoms with E-state index in [1.807, 2.05) is 0 Å². The highest BCUT2D eigenvalue weighted by atomic mass is 16.5. The Bertz CT molecular complexity index is 713. The minimum Gasteiger partial charge on any atom is -0.485 e. The van der Waals surface area contributed by atoms with Crippen molar-refractivity contribution in [3.8, 4) is 5.75 Å². The number of carbonyl (C=O) groups is 2. The molecule has 0 saturated carbocycles. The van der Waals surface area contributed by atoms with Crippen molar-refractivity contribution >= 4 is 11.9 Å². The van der Waals surface area contributed by atoms with Gasteiger partial charge in [-0.05, 0) is 31.5 Å². The standard InChI is InChI=1S/C16H19N3O5/c1-10(6-7-15(20)21)17-16(22)12-4-3-5-13(8-12)23-9-14-18-11(2)24-19-14/h3-5,8,10H,6-7,9H2,1-2H3,(H,17,22)(H,20,21). The minimum atomic E-state index is -0.886. The Morgan fingerprint density at radius 1 is 1.42 bits per heavy atom. The number of nitrogens with one attached hydrogen (secondary N) is 1. The number of aromatic nitrogens is 2. The van der Waals surface area contributed by atoms with E-state index >= 15 is 0 Å². The van der Waals surface area contributed by atoms with Gasteiger partial charge in [-0.25, -0.2) is 0 Å². The van der Waals surface area contributed by atoms with E-state index in [0.29, 0.717) is 29.4 Å². The van der Waals surface area contributed by atoms with Crippen LogP contribution in [0.1, 0.15) is 41.8 Å². The van der Waals surface area contributed by atoms with Gasteiger partial charge in [-0.2, -0.15) is 4.98 Å². The number of nitrogens with zero attached hydrogens (tertiary/aromatic N) is 2. The molecule has 0 aliphatic carbocycles. The van der Waals surface area contributed by atoms with E-state index in [9.17, 15) is 9.59 Å². The van der Waals surface area contributed by atoms with E-state index in [1.165, 1.54) is 0 Å². The first-order valence-corrected chi connectivity index (χ1v) is 7.48. The van der Waals surface area contributed by atoms with Gasteiger partial charge in [0, 0.05) is 24.9 Å². The van der Waals surface area contributed by atoms with E-state index in [1.54, 1.807) is 38.1 Å². The number of rotatable bonds is 8. The van der Waals surface area contributed by atoms with Gasteiger partial charge in [0.2, 0.25) is 11.7 Å². The lowest BCUT2D eigenvalue weighted by Gasteiger charge is -2.13. The summed E-state index contributed by atoms with van der Waals surface area (Å²) in [6, 6.07) is 6.45. The molecule has 1 unspecified atom stereocenters. The number of aryl methyl sites for hydroxylation is 1. The van der Waals surface area contributed by atoms with Crippen molar-refractivity contribution in [2.75, 3.05) is 0 Å². The Labute approximate surface area is 138 Å². The molecule has 1 heterocycles. The lowest BCUT2D eigenvalue weighted by atomic mass is 10.1. The Kier molecular flexibility index (Phi) is 5.89. The number of hydrogen-bond acceptors (Lipinski definition) is 6. The summed E-state index contributed by atoms with van der Waals surface area (Å²) >= 11 is 0. The number of carboxylic acids is 1. The molecule has 2 aromatic rings. The predicted octanol–water partition coefficient (Wildman–Crippen LogP) is 1.94. The van der Waals surface area contributed by atoms with Crippen LogP contribution < -0.4 is 10.1 Å². The summed E-state index contributed by atoms with van der Waals surface area (Å²) in [6.45, 7) is 3.59. The number of carbonyl (C=O) groups excluding carboxylic acids is 1. The molecule has 128 valence electrons. The predicted molar refractivity (Wildman–Crippen MR) is 83.6 cm³/mol. The maximum absolute atomic E-state index is 12.2. The Morgan fingerprint density at radius 3 is 2.88 bits per heavy atom. The van der Waals surface area contributed by atoms with Crippen molar-refractivity contribution < 1.29 is 24.0 Å². The fraction of sp³-hybridized carbons (Fsp3) is 0.375. The van der Waals surface area contributed by atoms with Gasteiger partial charge in [-0.15, -0.1) is 0 Å². The van der Waals surface area contributed by atoms with E-state index in [0.717, 1.165) is 0 Å². The Balaban J connectivity index is 1.91. The maximum Gasteiger partial charge on any atom is 0.303 e. The van der Waals surface area contributed by atoms with Crippen LogP contribution in [0, 0.1) is 6.92 Å². The highest BCUT2D eigenvalue weighted by Crippen LogP contribution is 2.15. The minimum absolute atomic E-state index is 0.00865. The van der Waals surface area contributed by atoms with E-state index in [2.05, 4.69) is 15.5 Å². The number of hydrogen-bond donors (Lipinski definition) is 2. The van der Waals surface area contributed by atoms with E-state index in [4.69, 9.17) is 14.4 Å². The van der Waals surface area contributed by atoms with Crippen molar-refractivity contribution in [2.24, 2.45) is 0 Å². The maximum atomic E-state index is 12.2. The highest BCUT2D eigenvalue weighted by molar-refractivity contribution is 5.94. The topological polar surface area (TPSA) is 115 Å². The molecular formula is C16H19N3O5. The molecule has 0 aliphatic heterocycles. The van der Waals surface area contributed by atoms with Gasteiger partial charge in [0.25, 0.3) is 5.91 Å². The molecule has 1 aromatic carbocycles. The Morgan fingerprint density at radius 2 is 2.21 bits per heavy atom. The van der Waals surface area contributed by atoms with Gasteiger partial charge in [0.15, 0.2) is 6.61 Å². The SMILES string of the molecule is Cc1nc(COc2cccc(C(=O)NC(C)CCC(=O)O)c2)no1.